The Labute approximate surface area is 127 Å². The number of nitrogens with one attached hydrogen (secondary N) is 1. The number of nitriles is 1. The first-order valence-electron chi connectivity index (χ1n) is 7.58. The van der Waals surface area contributed by atoms with Crippen molar-refractivity contribution in [3.8, 4) is 6.07 Å². The van der Waals surface area contributed by atoms with Crippen LogP contribution < -0.4 is 5.32 Å². The van der Waals surface area contributed by atoms with Crippen molar-refractivity contribution in [3.05, 3.63) is 0 Å². The third-order valence-corrected chi connectivity index (χ3v) is 4.13. The largest absolute Gasteiger partial charge is 0.394 e. The molecule has 1 fully saturated rings. The van der Waals surface area contributed by atoms with Crippen LogP contribution in [0.25, 0.3) is 0 Å². The number of piperidine rings is 1. The van der Waals surface area contributed by atoms with Gasteiger partial charge in [0.2, 0.25) is 5.91 Å². The summed E-state index contributed by atoms with van der Waals surface area (Å²) in [6.45, 7) is 7.94. The SMILES string of the molecule is CC(C)C(C)(C#N)NC(=O)CN1CCC(OCCO)CC1. The predicted octanol–water partition coefficient (Wildman–Crippen LogP) is 0.514. The number of nitrogens with zero attached hydrogens (tertiary/aromatic N) is 2. The zero-order valence-corrected chi connectivity index (χ0v) is 13.3. The molecule has 0 spiro atoms. The van der Waals surface area contributed by atoms with Gasteiger partial charge in [-0.2, -0.15) is 5.26 Å². The van der Waals surface area contributed by atoms with Crippen molar-refractivity contribution < 1.29 is 14.6 Å². The highest BCUT2D eigenvalue weighted by Gasteiger charge is 2.31. The van der Waals surface area contributed by atoms with Gasteiger partial charge in [-0.25, -0.2) is 0 Å². The van der Waals surface area contributed by atoms with Crippen LogP contribution in [0.3, 0.4) is 0 Å². The molecule has 0 radical (unpaired) electrons. The normalized spacial score (nSPS) is 20.0. The molecule has 6 nitrogen and oxygen atoms in total. The Bertz CT molecular complexity index is 373. The molecule has 0 aromatic rings. The second-order valence-electron chi connectivity index (χ2n) is 6.09. The zero-order valence-electron chi connectivity index (χ0n) is 13.3. The summed E-state index contributed by atoms with van der Waals surface area (Å²) in [5.74, 6) is -0.0495. The highest BCUT2D eigenvalue weighted by atomic mass is 16.5. The van der Waals surface area contributed by atoms with Crippen LogP contribution in [0.5, 0.6) is 0 Å². The van der Waals surface area contributed by atoms with Gasteiger partial charge >= 0.3 is 0 Å². The number of hydrogen-bond acceptors (Lipinski definition) is 5. The van der Waals surface area contributed by atoms with E-state index in [1.807, 2.05) is 13.8 Å². The number of likely N-dealkylation sites (tertiary alicyclic amines) is 1. The first-order valence-corrected chi connectivity index (χ1v) is 7.58. The Morgan fingerprint density at radius 1 is 1.52 bits per heavy atom. The Morgan fingerprint density at radius 3 is 2.62 bits per heavy atom. The van der Waals surface area contributed by atoms with Gasteiger partial charge < -0.3 is 15.2 Å². The molecule has 1 aliphatic rings. The molecule has 1 saturated heterocycles. The smallest absolute Gasteiger partial charge is 0.235 e. The molecule has 1 heterocycles. The molecule has 0 saturated carbocycles. The molecule has 0 aromatic heterocycles. The topological polar surface area (TPSA) is 85.6 Å². The maximum Gasteiger partial charge on any atom is 0.235 e. The standard InChI is InChI=1S/C15H27N3O3/c1-12(2)15(3,11-16)17-14(20)10-18-6-4-13(5-7-18)21-9-8-19/h12-13,19H,4-10H2,1-3H3,(H,17,20). The first-order chi connectivity index (χ1) is 9.91. The number of carbonyl (C=O) groups excluding carboxylic acids is 1. The molecule has 1 amide bonds. The van der Waals surface area contributed by atoms with Crippen molar-refractivity contribution >= 4 is 5.91 Å². The van der Waals surface area contributed by atoms with E-state index >= 15 is 0 Å². The van der Waals surface area contributed by atoms with Gasteiger partial charge in [-0.1, -0.05) is 13.8 Å². The summed E-state index contributed by atoms with van der Waals surface area (Å²) in [4.78, 5) is 14.2. The lowest BCUT2D eigenvalue weighted by Crippen LogP contribution is -2.52. The Hall–Kier alpha value is -1.16. The number of carbonyl (C=O) groups is 1. The maximum absolute atomic E-state index is 12.1. The minimum atomic E-state index is -0.820. The third kappa shape index (κ3) is 5.62. The highest BCUT2D eigenvalue weighted by molar-refractivity contribution is 5.79. The first kappa shape index (κ1) is 17.9. The number of aliphatic hydroxyl groups is 1. The Balaban J connectivity index is 2.35. The summed E-state index contributed by atoms with van der Waals surface area (Å²) in [5, 5.41) is 20.8. The van der Waals surface area contributed by atoms with Crippen molar-refractivity contribution in [2.75, 3.05) is 32.8 Å². The van der Waals surface area contributed by atoms with Gasteiger partial charge in [-0.05, 0) is 25.7 Å². The van der Waals surface area contributed by atoms with E-state index in [1.54, 1.807) is 6.92 Å². The minimum Gasteiger partial charge on any atom is -0.394 e. The Kier molecular flexibility index (Phi) is 7.09. The molecule has 1 atom stereocenters. The molecular weight excluding hydrogens is 270 g/mol. The highest BCUT2D eigenvalue weighted by Crippen LogP contribution is 2.16. The van der Waals surface area contributed by atoms with Gasteiger partial charge in [0.15, 0.2) is 0 Å². The van der Waals surface area contributed by atoms with E-state index in [0.29, 0.717) is 13.2 Å². The van der Waals surface area contributed by atoms with Crippen LogP contribution in [-0.2, 0) is 9.53 Å². The van der Waals surface area contributed by atoms with Gasteiger partial charge in [0, 0.05) is 13.1 Å². The van der Waals surface area contributed by atoms with E-state index < -0.39 is 5.54 Å². The van der Waals surface area contributed by atoms with Crippen LogP contribution in [0.2, 0.25) is 0 Å². The van der Waals surface area contributed by atoms with Crippen molar-refractivity contribution in [1.82, 2.24) is 10.2 Å². The summed E-state index contributed by atoms with van der Waals surface area (Å²) in [5.41, 5.74) is -0.820. The molecule has 1 unspecified atom stereocenters. The summed E-state index contributed by atoms with van der Waals surface area (Å²) in [6, 6.07) is 2.18. The molecule has 0 aliphatic carbocycles. The third-order valence-electron chi connectivity index (χ3n) is 4.13. The maximum atomic E-state index is 12.1. The summed E-state index contributed by atoms with van der Waals surface area (Å²) in [7, 11) is 0. The van der Waals surface area contributed by atoms with Crippen molar-refractivity contribution in [1.29, 1.82) is 5.26 Å². The summed E-state index contributed by atoms with van der Waals surface area (Å²) in [6.07, 6.45) is 1.91. The molecule has 6 heteroatoms. The van der Waals surface area contributed by atoms with Gasteiger partial charge in [-0.3, -0.25) is 9.69 Å². The van der Waals surface area contributed by atoms with Crippen LogP contribution in [0.15, 0.2) is 0 Å². The number of aliphatic hydroxyl groups excluding tert-OH is 1. The van der Waals surface area contributed by atoms with E-state index in [-0.39, 0.29) is 24.5 Å². The quantitative estimate of drug-likeness (QED) is 0.715. The van der Waals surface area contributed by atoms with Crippen molar-refractivity contribution in [3.63, 3.8) is 0 Å². The molecule has 0 bridgehead atoms. The monoisotopic (exact) mass is 297 g/mol. The molecular formula is C15H27N3O3. The van der Waals surface area contributed by atoms with Gasteiger partial charge in [0.25, 0.3) is 0 Å². The van der Waals surface area contributed by atoms with Crippen LogP contribution >= 0.6 is 0 Å². The van der Waals surface area contributed by atoms with E-state index in [9.17, 15) is 10.1 Å². The molecule has 1 rings (SSSR count). The molecule has 1 aliphatic heterocycles. The summed E-state index contributed by atoms with van der Waals surface area (Å²) >= 11 is 0. The average Bonchev–Trinajstić information content (AvgIpc) is 2.46. The molecule has 21 heavy (non-hydrogen) atoms. The fourth-order valence-corrected chi connectivity index (χ4v) is 2.29. The van der Waals surface area contributed by atoms with Crippen LogP contribution in [0.1, 0.15) is 33.6 Å². The lowest BCUT2D eigenvalue weighted by atomic mass is 9.90. The molecule has 2 N–H and O–H groups in total. The molecule has 0 aromatic carbocycles. The number of amides is 1. The lowest BCUT2D eigenvalue weighted by molar-refractivity contribution is -0.124. The lowest BCUT2D eigenvalue weighted by Gasteiger charge is -2.33. The minimum absolute atomic E-state index is 0.0462. The van der Waals surface area contributed by atoms with Crippen LogP contribution in [-0.4, -0.2) is 60.4 Å². The predicted molar refractivity (Wildman–Crippen MR) is 79.5 cm³/mol. The van der Waals surface area contributed by atoms with Crippen LogP contribution in [0, 0.1) is 17.2 Å². The van der Waals surface area contributed by atoms with E-state index in [1.165, 1.54) is 0 Å². The number of ether oxygens (including phenoxy) is 1. The average molecular weight is 297 g/mol. The van der Waals surface area contributed by atoms with Gasteiger partial charge in [0.1, 0.15) is 5.54 Å². The van der Waals surface area contributed by atoms with Gasteiger partial charge in [0.05, 0.1) is 31.9 Å². The van der Waals surface area contributed by atoms with E-state index in [4.69, 9.17) is 9.84 Å². The zero-order chi connectivity index (χ0) is 15.9. The number of rotatable bonds is 7. The van der Waals surface area contributed by atoms with Gasteiger partial charge in [-0.15, -0.1) is 0 Å². The summed E-state index contributed by atoms with van der Waals surface area (Å²) < 4.78 is 5.49. The van der Waals surface area contributed by atoms with Crippen LogP contribution in [0.4, 0.5) is 0 Å². The fourth-order valence-electron chi connectivity index (χ4n) is 2.29. The molecule has 120 valence electrons. The fraction of sp³-hybridized carbons (Fsp3) is 0.867. The second kappa shape index (κ2) is 8.32. The Morgan fingerprint density at radius 2 is 2.14 bits per heavy atom. The van der Waals surface area contributed by atoms with Crippen molar-refractivity contribution in [2.24, 2.45) is 5.92 Å². The second-order valence-corrected chi connectivity index (χ2v) is 6.09. The van der Waals surface area contributed by atoms with E-state index in [0.717, 1.165) is 25.9 Å². The van der Waals surface area contributed by atoms with E-state index in [2.05, 4.69) is 16.3 Å². The van der Waals surface area contributed by atoms with Crippen molar-refractivity contribution in [2.45, 2.75) is 45.3 Å². The number of hydrogen-bond donors (Lipinski definition) is 2.